The number of carbonyl (C=O) groups is 1. The van der Waals surface area contributed by atoms with Crippen molar-refractivity contribution in [2.75, 3.05) is 6.61 Å². The van der Waals surface area contributed by atoms with E-state index in [4.69, 9.17) is 15.6 Å². The Labute approximate surface area is 136 Å². The number of aryl methyl sites for hydroxylation is 1. The fourth-order valence-electron chi connectivity index (χ4n) is 2.04. The van der Waals surface area contributed by atoms with Crippen LogP contribution in [-0.2, 0) is 37.4 Å². The molecule has 0 saturated carbocycles. The van der Waals surface area contributed by atoms with Crippen LogP contribution in [0.25, 0.3) is 0 Å². The van der Waals surface area contributed by atoms with E-state index in [1.165, 1.54) is 6.20 Å². The molecule has 6 nitrogen and oxygen atoms in total. The zero-order chi connectivity index (χ0) is 13.3. The average molecular weight is 341 g/mol. The van der Waals surface area contributed by atoms with E-state index in [9.17, 15) is 9.90 Å². The Morgan fingerprint density at radius 2 is 2.32 bits per heavy atom. The molecule has 1 amide bonds. The molecule has 101 valence electrons. The van der Waals surface area contributed by atoms with Crippen LogP contribution in [0, 0.1) is 13.0 Å². The molecule has 3 atom stereocenters. The van der Waals surface area contributed by atoms with Crippen LogP contribution in [0.5, 0.6) is 0 Å². The van der Waals surface area contributed by atoms with Crippen molar-refractivity contribution in [2.45, 2.75) is 31.8 Å². The largest absolute Gasteiger partial charge is 0.404 e. The monoisotopic (exact) mass is 341 g/mol. The molecule has 7 heteroatoms. The molecule has 1 aromatic rings. The second-order valence-corrected chi connectivity index (χ2v) is 4.41. The molecule has 1 radical (unpaired) electrons. The van der Waals surface area contributed by atoms with Crippen molar-refractivity contribution in [1.29, 1.82) is 0 Å². The predicted octanol–water partition coefficient (Wildman–Crippen LogP) is -1.18. The summed E-state index contributed by atoms with van der Waals surface area (Å²) in [7, 11) is 0. The Bertz CT molecular complexity index is 469. The molecule has 0 aromatic carbocycles. The summed E-state index contributed by atoms with van der Waals surface area (Å²) in [5.41, 5.74) is 6.23. The summed E-state index contributed by atoms with van der Waals surface area (Å²) in [5.74, 6) is -0.565. The smallest absolute Gasteiger partial charge is 0.249 e. The number of aliphatic hydroxyl groups excluding tert-OH is 2. The Morgan fingerprint density at radius 3 is 2.84 bits per heavy atom. The summed E-state index contributed by atoms with van der Waals surface area (Å²) in [4.78, 5) is 11.2. The summed E-state index contributed by atoms with van der Waals surface area (Å²) in [5, 5.41) is 18.7. The summed E-state index contributed by atoms with van der Waals surface area (Å²) in [6, 6.07) is 2.84. The number of aliphatic hydroxyl groups is 2. The Hall–Kier alpha value is -0.396. The first kappa shape index (κ1) is 16.7. The third kappa shape index (κ3) is 3.80. The fourth-order valence-corrected chi connectivity index (χ4v) is 2.04. The van der Waals surface area contributed by atoms with Crippen molar-refractivity contribution in [3.05, 3.63) is 29.6 Å². The van der Waals surface area contributed by atoms with Crippen molar-refractivity contribution in [3.8, 4) is 0 Å². The van der Waals surface area contributed by atoms with Gasteiger partial charge in [-0.05, 0) is 5.56 Å². The van der Waals surface area contributed by atoms with Crippen LogP contribution >= 0.6 is 0 Å². The van der Waals surface area contributed by atoms with Gasteiger partial charge in [-0.15, -0.1) is 6.07 Å². The molecular weight excluding hydrogens is 325 g/mol. The number of hydrogen-bond donors (Lipinski definition) is 3. The van der Waals surface area contributed by atoms with Gasteiger partial charge in [-0.2, -0.15) is 0 Å². The van der Waals surface area contributed by atoms with Crippen LogP contribution in [0.4, 0.5) is 0 Å². The summed E-state index contributed by atoms with van der Waals surface area (Å²) in [6.07, 6.45) is 1.93. The quantitative estimate of drug-likeness (QED) is 0.476. The molecule has 3 unspecified atom stereocenters. The SMILES string of the molecule is Cc1[c-]c(C(N)=O)c[n+](C2CC(O)C(CO)O2)c1.[Y]. The number of ether oxygens (including phenoxy) is 1. The number of aromatic nitrogens is 1. The summed E-state index contributed by atoms with van der Waals surface area (Å²) >= 11 is 0. The molecule has 0 spiro atoms. The number of rotatable bonds is 3. The van der Waals surface area contributed by atoms with Crippen molar-refractivity contribution < 1.29 is 57.0 Å². The topological polar surface area (TPSA) is 96.7 Å². The molecule has 19 heavy (non-hydrogen) atoms. The van der Waals surface area contributed by atoms with Crippen LogP contribution in [0.2, 0.25) is 0 Å². The van der Waals surface area contributed by atoms with Gasteiger partial charge in [0.2, 0.25) is 6.23 Å². The van der Waals surface area contributed by atoms with Gasteiger partial charge in [0.05, 0.1) is 31.5 Å². The first-order valence-corrected chi connectivity index (χ1v) is 5.70. The van der Waals surface area contributed by atoms with E-state index >= 15 is 0 Å². The molecule has 1 aliphatic rings. The maximum atomic E-state index is 11.2. The predicted molar refractivity (Wildman–Crippen MR) is 60.3 cm³/mol. The van der Waals surface area contributed by atoms with E-state index in [1.54, 1.807) is 17.7 Å². The zero-order valence-electron chi connectivity index (χ0n) is 10.6. The van der Waals surface area contributed by atoms with Gasteiger partial charge in [0.1, 0.15) is 6.10 Å². The van der Waals surface area contributed by atoms with Crippen LogP contribution in [0.3, 0.4) is 0 Å². The number of carbonyl (C=O) groups excluding carboxylic acids is 1. The summed E-state index contributed by atoms with van der Waals surface area (Å²) in [6.45, 7) is 1.55. The van der Waals surface area contributed by atoms with Crippen molar-refractivity contribution in [2.24, 2.45) is 5.73 Å². The average Bonchev–Trinajstić information content (AvgIpc) is 2.69. The molecular formula is C12H16N2O4Y. The molecule has 1 aliphatic heterocycles. The molecule has 4 N–H and O–H groups in total. The van der Waals surface area contributed by atoms with Gasteiger partial charge in [0.25, 0.3) is 0 Å². The van der Waals surface area contributed by atoms with Gasteiger partial charge < -0.3 is 25.5 Å². The van der Waals surface area contributed by atoms with Gasteiger partial charge in [0.15, 0.2) is 5.91 Å². The Balaban J connectivity index is 0.00000180. The first-order chi connectivity index (χ1) is 8.51. The van der Waals surface area contributed by atoms with Crippen molar-refractivity contribution in [3.63, 3.8) is 0 Å². The van der Waals surface area contributed by atoms with Crippen molar-refractivity contribution >= 4 is 5.91 Å². The van der Waals surface area contributed by atoms with E-state index in [0.29, 0.717) is 6.42 Å². The number of primary amides is 1. The minimum Gasteiger partial charge on any atom is -0.404 e. The van der Waals surface area contributed by atoms with Gasteiger partial charge in [-0.25, -0.2) is 0 Å². The molecule has 0 bridgehead atoms. The standard InChI is InChI=1S/C12H16N2O4.Y/c1-7-2-8(12(13)17)5-14(4-7)11-3-9(16)10(6-15)18-11;/h4-5,9-11,15-16H,3,6H2,1H3,(H2,13,17);. The maximum absolute atomic E-state index is 11.2. The van der Waals surface area contributed by atoms with Crippen LogP contribution in [0.15, 0.2) is 12.4 Å². The van der Waals surface area contributed by atoms with E-state index < -0.39 is 24.3 Å². The van der Waals surface area contributed by atoms with E-state index in [0.717, 1.165) is 5.56 Å². The second-order valence-electron chi connectivity index (χ2n) is 4.41. The van der Waals surface area contributed by atoms with Crippen LogP contribution in [-0.4, -0.2) is 34.9 Å². The number of amides is 1. The Morgan fingerprint density at radius 1 is 1.63 bits per heavy atom. The van der Waals surface area contributed by atoms with E-state index in [2.05, 4.69) is 6.07 Å². The molecule has 2 rings (SSSR count). The van der Waals surface area contributed by atoms with Gasteiger partial charge >= 0.3 is 0 Å². The van der Waals surface area contributed by atoms with Crippen molar-refractivity contribution in [1.82, 2.24) is 0 Å². The van der Waals surface area contributed by atoms with Gasteiger partial charge in [-0.1, -0.05) is 12.5 Å². The third-order valence-corrected chi connectivity index (χ3v) is 2.93. The minimum absolute atomic E-state index is 0. The molecule has 1 fully saturated rings. The first-order valence-electron chi connectivity index (χ1n) is 5.70. The minimum atomic E-state index is -0.714. The number of nitrogens with two attached hydrogens (primary N) is 1. The van der Waals surface area contributed by atoms with Gasteiger partial charge in [0, 0.05) is 32.7 Å². The van der Waals surface area contributed by atoms with E-state index in [1.807, 2.05) is 0 Å². The number of nitrogens with zero attached hydrogens (tertiary/aromatic N) is 1. The third-order valence-electron chi connectivity index (χ3n) is 2.93. The molecule has 1 saturated heterocycles. The maximum Gasteiger partial charge on any atom is 0.249 e. The molecule has 2 heterocycles. The summed E-state index contributed by atoms with van der Waals surface area (Å²) < 4.78 is 7.17. The zero-order valence-corrected chi connectivity index (χ0v) is 13.5. The molecule has 1 aromatic heterocycles. The second kappa shape index (κ2) is 6.86. The van der Waals surface area contributed by atoms with Crippen LogP contribution in [0.1, 0.15) is 28.6 Å². The van der Waals surface area contributed by atoms with Gasteiger partial charge in [-0.3, -0.25) is 4.57 Å². The Kier molecular flexibility index (Phi) is 6.01. The number of hydrogen-bond acceptors (Lipinski definition) is 4. The fraction of sp³-hybridized carbons (Fsp3) is 0.500. The number of pyridine rings is 1. The van der Waals surface area contributed by atoms with Crippen LogP contribution < -0.4 is 10.3 Å². The normalized spacial score (nSPS) is 25.9. The van der Waals surface area contributed by atoms with E-state index in [-0.39, 0.29) is 44.9 Å². The molecule has 0 aliphatic carbocycles.